The van der Waals surface area contributed by atoms with Crippen molar-refractivity contribution in [3.8, 4) is 11.5 Å². The van der Waals surface area contributed by atoms with E-state index in [0.717, 1.165) is 0 Å². The summed E-state index contributed by atoms with van der Waals surface area (Å²) >= 11 is 0. The van der Waals surface area contributed by atoms with E-state index in [-0.39, 0.29) is 35.2 Å². The van der Waals surface area contributed by atoms with Gasteiger partial charge in [0.1, 0.15) is 5.56 Å². The normalized spacial score (nSPS) is 9.48. The number of benzene rings is 1. The van der Waals surface area contributed by atoms with Crippen molar-refractivity contribution in [2.24, 2.45) is 0 Å². The highest BCUT2D eigenvalue weighted by Crippen LogP contribution is 2.34. The van der Waals surface area contributed by atoms with Crippen LogP contribution in [0.25, 0.3) is 0 Å². The minimum atomic E-state index is -0.630. The Morgan fingerprint density at radius 3 is 2.29 bits per heavy atom. The van der Waals surface area contributed by atoms with Crippen LogP contribution in [0.1, 0.15) is 10.4 Å². The summed E-state index contributed by atoms with van der Waals surface area (Å²) in [5.74, 6) is -0.0734. The molecule has 0 saturated carbocycles. The van der Waals surface area contributed by atoms with Crippen molar-refractivity contribution in [2.75, 3.05) is 34.4 Å². The van der Waals surface area contributed by atoms with E-state index in [4.69, 9.17) is 9.47 Å². The number of methoxy groups -OCH3 is 2. The van der Waals surface area contributed by atoms with Gasteiger partial charge in [-0.1, -0.05) is 0 Å². The molecule has 1 aromatic rings. The summed E-state index contributed by atoms with van der Waals surface area (Å²) in [6, 6.07) is 2.47. The molecule has 0 aliphatic carbocycles. The van der Waals surface area contributed by atoms with Crippen molar-refractivity contribution in [1.82, 2.24) is 10.6 Å². The van der Waals surface area contributed by atoms with Gasteiger partial charge in [-0.05, 0) is 7.05 Å². The van der Waals surface area contributed by atoms with E-state index in [1.165, 1.54) is 26.4 Å². The van der Waals surface area contributed by atoms with Crippen molar-refractivity contribution >= 4 is 24.0 Å². The van der Waals surface area contributed by atoms with E-state index in [2.05, 4.69) is 10.6 Å². The third-order valence-corrected chi connectivity index (χ3v) is 2.60. The Morgan fingerprint density at radius 2 is 1.81 bits per heavy atom. The molecule has 118 valence electrons. The Labute approximate surface area is 128 Å². The summed E-state index contributed by atoms with van der Waals surface area (Å²) in [5, 5.41) is 16.5. The maximum atomic E-state index is 12.0. The second-order valence-corrected chi connectivity index (χ2v) is 3.84. The average Bonchev–Trinajstić information content (AvgIpc) is 2.45. The van der Waals surface area contributed by atoms with Crippen LogP contribution >= 0.6 is 12.4 Å². The first kappa shape index (κ1) is 18.9. The molecular formula is C12H18ClN3O5. The lowest BCUT2D eigenvalue weighted by Gasteiger charge is -2.10. The average molecular weight is 320 g/mol. The molecule has 0 radical (unpaired) electrons. The second kappa shape index (κ2) is 8.98. The van der Waals surface area contributed by atoms with E-state index in [1.54, 1.807) is 7.05 Å². The molecule has 9 heteroatoms. The minimum absolute atomic E-state index is 0. The molecule has 21 heavy (non-hydrogen) atoms. The number of hydrogen-bond acceptors (Lipinski definition) is 6. The number of halogens is 1. The predicted molar refractivity (Wildman–Crippen MR) is 79.7 cm³/mol. The predicted octanol–water partition coefficient (Wildman–Crippen LogP) is 0.983. The number of amides is 1. The molecule has 0 spiro atoms. The Balaban J connectivity index is 0.00000400. The third kappa shape index (κ3) is 4.76. The Bertz CT molecular complexity index is 510. The summed E-state index contributed by atoms with van der Waals surface area (Å²) in [7, 11) is 4.51. The van der Waals surface area contributed by atoms with Gasteiger partial charge < -0.3 is 20.1 Å². The number of likely N-dealkylation sites (N-methyl/N-ethyl adjacent to an activating group) is 1. The van der Waals surface area contributed by atoms with Crippen LogP contribution in [-0.2, 0) is 0 Å². The van der Waals surface area contributed by atoms with Crippen LogP contribution in [0.4, 0.5) is 5.69 Å². The van der Waals surface area contributed by atoms with Crippen LogP contribution < -0.4 is 20.1 Å². The number of carbonyl (C=O) groups is 1. The van der Waals surface area contributed by atoms with Gasteiger partial charge in [0.2, 0.25) is 0 Å². The number of nitro groups is 1. The second-order valence-electron chi connectivity index (χ2n) is 3.84. The lowest BCUT2D eigenvalue weighted by Crippen LogP contribution is -2.30. The molecule has 0 aliphatic rings. The van der Waals surface area contributed by atoms with Crippen molar-refractivity contribution in [3.63, 3.8) is 0 Å². The first-order chi connectivity index (χ1) is 9.54. The van der Waals surface area contributed by atoms with Crippen molar-refractivity contribution < 1.29 is 19.2 Å². The topological polar surface area (TPSA) is 103 Å². The molecular weight excluding hydrogens is 302 g/mol. The van der Waals surface area contributed by atoms with Gasteiger partial charge in [-0.15, -0.1) is 12.4 Å². The van der Waals surface area contributed by atoms with E-state index < -0.39 is 10.8 Å². The molecule has 0 unspecified atom stereocenters. The lowest BCUT2D eigenvalue weighted by atomic mass is 10.1. The molecule has 0 saturated heterocycles. The molecule has 0 heterocycles. The Kier molecular flexibility index (Phi) is 8.10. The number of carbonyl (C=O) groups excluding carboxylic acids is 1. The Hall–Kier alpha value is -2.06. The quantitative estimate of drug-likeness (QED) is 0.441. The van der Waals surface area contributed by atoms with Crippen molar-refractivity contribution in [3.05, 3.63) is 27.8 Å². The molecule has 0 fully saturated rings. The summed E-state index contributed by atoms with van der Waals surface area (Å²) in [6.07, 6.45) is 0. The van der Waals surface area contributed by atoms with Crippen LogP contribution in [0, 0.1) is 10.1 Å². The minimum Gasteiger partial charge on any atom is -0.493 e. The molecule has 1 aromatic carbocycles. The van der Waals surface area contributed by atoms with Crippen LogP contribution in [0.5, 0.6) is 11.5 Å². The molecule has 0 aromatic heterocycles. The van der Waals surface area contributed by atoms with Gasteiger partial charge in [-0.25, -0.2) is 0 Å². The molecule has 8 nitrogen and oxygen atoms in total. The monoisotopic (exact) mass is 319 g/mol. The fourth-order valence-electron chi connectivity index (χ4n) is 1.60. The van der Waals surface area contributed by atoms with E-state index in [9.17, 15) is 14.9 Å². The highest BCUT2D eigenvalue weighted by atomic mass is 35.5. The maximum absolute atomic E-state index is 12.0. The number of hydrogen-bond donors (Lipinski definition) is 2. The van der Waals surface area contributed by atoms with Crippen LogP contribution in [0.2, 0.25) is 0 Å². The SMILES string of the molecule is CNCCNC(=O)c1cc(OC)c(OC)cc1[N+](=O)[O-].Cl. The molecule has 0 atom stereocenters. The highest BCUT2D eigenvalue weighted by Gasteiger charge is 2.24. The molecule has 2 N–H and O–H groups in total. The van der Waals surface area contributed by atoms with Crippen molar-refractivity contribution in [1.29, 1.82) is 0 Å². The zero-order chi connectivity index (χ0) is 15.1. The zero-order valence-corrected chi connectivity index (χ0v) is 12.8. The zero-order valence-electron chi connectivity index (χ0n) is 12.0. The largest absolute Gasteiger partial charge is 0.493 e. The van der Waals surface area contributed by atoms with Gasteiger partial charge in [-0.3, -0.25) is 14.9 Å². The summed E-state index contributed by atoms with van der Waals surface area (Å²) in [5.41, 5.74) is -0.395. The van der Waals surface area contributed by atoms with Gasteiger partial charge in [0, 0.05) is 19.2 Å². The molecule has 0 aliphatic heterocycles. The number of ether oxygens (including phenoxy) is 2. The van der Waals surface area contributed by atoms with Gasteiger partial charge in [0.25, 0.3) is 11.6 Å². The lowest BCUT2D eigenvalue weighted by molar-refractivity contribution is -0.385. The smallest absolute Gasteiger partial charge is 0.286 e. The molecule has 1 amide bonds. The first-order valence-electron chi connectivity index (χ1n) is 5.88. The van der Waals surface area contributed by atoms with Gasteiger partial charge in [0.05, 0.1) is 25.2 Å². The fourth-order valence-corrected chi connectivity index (χ4v) is 1.60. The van der Waals surface area contributed by atoms with Crippen LogP contribution in [0.15, 0.2) is 12.1 Å². The molecule has 1 rings (SSSR count). The standard InChI is InChI=1S/C12H17N3O5.ClH/c1-13-4-5-14-12(16)8-6-10(19-2)11(20-3)7-9(8)15(17)18;/h6-7,13H,4-5H2,1-3H3,(H,14,16);1H. The van der Waals surface area contributed by atoms with Gasteiger partial charge >= 0.3 is 0 Å². The van der Waals surface area contributed by atoms with E-state index >= 15 is 0 Å². The fraction of sp³-hybridized carbons (Fsp3) is 0.417. The summed E-state index contributed by atoms with van der Waals surface area (Å²) < 4.78 is 10.0. The van der Waals surface area contributed by atoms with Gasteiger partial charge in [-0.2, -0.15) is 0 Å². The number of nitrogens with one attached hydrogen (secondary N) is 2. The highest BCUT2D eigenvalue weighted by molar-refractivity contribution is 5.99. The number of nitro benzene ring substituents is 1. The number of rotatable bonds is 7. The van der Waals surface area contributed by atoms with Crippen LogP contribution in [-0.4, -0.2) is 45.2 Å². The maximum Gasteiger partial charge on any atom is 0.286 e. The van der Waals surface area contributed by atoms with Gasteiger partial charge in [0.15, 0.2) is 11.5 Å². The first-order valence-corrected chi connectivity index (χ1v) is 5.88. The Morgan fingerprint density at radius 1 is 1.24 bits per heavy atom. The summed E-state index contributed by atoms with van der Waals surface area (Å²) in [6.45, 7) is 0.924. The van der Waals surface area contributed by atoms with E-state index in [0.29, 0.717) is 13.1 Å². The summed E-state index contributed by atoms with van der Waals surface area (Å²) in [4.78, 5) is 22.4. The molecule has 0 bridgehead atoms. The van der Waals surface area contributed by atoms with E-state index in [1.807, 2.05) is 0 Å². The van der Waals surface area contributed by atoms with Crippen LogP contribution in [0.3, 0.4) is 0 Å². The number of nitrogens with zero attached hydrogens (tertiary/aromatic N) is 1. The third-order valence-electron chi connectivity index (χ3n) is 2.60. The van der Waals surface area contributed by atoms with Crippen molar-refractivity contribution in [2.45, 2.75) is 0 Å².